The normalized spacial score (nSPS) is 17.9. The van der Waals surface area contributed by atoms with Crippen molar-refractivity contribution in [1.82, 2.24) is 4.90 Å². The molecule has 1 saturated heterocycles. The average Bonchev–Trinajstić information content (AvgIpc) is 2.91. The Morgan fingerprint density at radius 1 is 1.00 bits per heavy atom. The minimum Gasteiger partial charge on any atom is -0.287 e. The van der Waals surface area contributed by atoms with Crippen LogP contribution in [0.4, 0.5) is 0 Å². The predicted molar refractivity (Wildman–Crippen MR) is 103 cm³/mol. The van der Waals surface area contributed by atoms with Crippen LogP contribution in [0.25, 0.3) is 17.2 Å². The van der Waals surface area contributed by atoms with Crippen molar-refractivity contribution in [2.75, 3.05) is 13.1 Å². The van der Waals surface area contributed by atoms with E-state index in [0.717, 1.165) is 15.6 Å². The van der Waals surface area contributed by atoms with E-state index in [1.165, 1.54) is 22.9 Å². The van der Waals surface area contributed by atoms with Gasteiger partial charge in [-0.3, -0.25) is 14.7 Å². The van der Waals surface area contributed by atoms with E-state index in [9.17, 15) is 4.79 Å². The quantitative estimate of drug-likeness (QED) is 0.760. The van der Waals surface area contributed by atoms with Crippen LogP contribution in [0.5, 0.6) is 0 Å². The molecule has 1 amide bonds. The first-order valence-corrected chi connectivity index (χ1v) is 8.96. The van der Waals surface area contributed by atoms with Gasteiger partial charge in [-0.25, -0.2) is 0 Å². The molecule has 122 valence electrons. The van der Waals surface area contributed by atoms with Gasteiger partial charge in [0.2, 0.25) is 0 Å². The van der Waals surface area contributed by atoms with Gasteiger partial charge in [-0.05, 0) is 48.4 Å². The topological polar surface area (TPSA) is 32.7 Å². The molecule has 3 rings (SSSR count). The summed E-state index contributed by atoms with van der Waals surface area (Å²) in [7, 11) is 0. The Bertz CT molecular complexity index is 779. The van der Waals surface area contributed by atoms with Crippen molar-refractivity contribution < 1.29 is 4.79 Å². The van der Waals surface area contributed by atoms with E-state index in [-0.39, 0.29) is 5.91 Å². The molecule has 1 heterocycles. The van der Waals surface area contributed by atoms with E-state index in [1.54, 1.807) is 4.90 Å². The number of rotatable bonds is 4. The van der Waals surface area contributed by atoms with Crippen LogP contribution in [0.2, 0.25) is 0 Å². The van der Waals surface area contributed by atoms with Crippen LogP contribution >= 0.6 is 11.8 Å². The standard InChI is InChI=1S/C20H20N2OS/c1-3-21-20-22(4-2)19(23)18(24-20)14-15-10-12-17(13-11-15)16-8-6-5-7-9-16/h5-14H,3-4H2,1-2H3/b18-14+,21-20?. The summed E-state index contributed by atoms with van der Waals surface area (Å²) in [5.41, 5.74) is 3.39. The van der Waals surface area contributed by atoms with Crippen LogP contribution in [0.3, 0.4) is 0 Å². The Balaban J connectivity index is 1.84. The first-order chi connectivity index (χ1) is 11.7. The van der Waals surface area contributed by atoms with Gasteiger partial charge in [0.05, 0.1) is 4.91 Å². The third kappa shape index (κ3) is 3.44. The first kappa shape index (κ1) is 16.5. The van der Waals surface area contributed by atoms with Crippen LogP contribution in [-0.2, 0) is 4.79 Å². The molecule has 0 aromatic heterocycles. The van der Waals surface area contributed by atoms with E-state index >= 15 is 0 Å². The van der Waals surface area contributed by atoms with Gasteiger partial charge in [0.15, 0.2) is 5.17 Å². The molecule has 1 aliphatic rings. The summed E-state index contributed by atoms with van der Waals surface area (Å²) in [6.45, 7) is 5.29. The highest BCUT2D eigenvalue weighted by Crippen LogP contribution is 2.32. The summed E-state index contributed by atoms with van der Waals surface area (Å²) in [6.07, 6.45) is 1.95. The maximum Gasteiger partial charge on any atom is 0.266 e. The Morgan fingerprint density at radius 2 is 1.67 bits per heavy atom. The second-order valence-corrected chi connectivity index (χ2v) is 6.41. The fraction of sp³-hybridized carbons (Fsp3) is 0.200. The van der Waals surface area contributed by atoms with Crippen LogP contribution < -0.4 is 0 Å². The lowest BCUT2D eigenvalue weighted by molar-refractivity contribution is -0.122. The molecular formula is C20H20N2OS. The van der Waals surface area contributed by atoms with Crippen molar-refractivity contribution in [3.05, 3.63) is 65.1 Å². The molecular weight excluding hydrogens is 316 g/mol. The number of likely N-dealkylation sites (N-methyl/N-ethyl adjacent to an activating group) is 1. The number of benzene rings is 2. The first-order valence-electron chi connectivity index (χ1n) is 8.14. The third-order valence-electron chi connectivity index (χ3n) is 3.81. The number of hydrogen-bond acceptors (Lipinski definition) is 3. The van der Waals surface area contributed by atoms with Crippen LogP contribution in [0.15, 0.2) is 64.5 Å². The van der Waals surface area contributed by atoms with E-state index in [2.05, 4.69) is 41.4 Å². The number of aliphatic imine (C=N–C) groups is 1. The number of thioether (sulfide) groups is 1. The summed E-state index contributed by atoms with van der Waals surface area (Å²) in [5.74, 6) is 0.0434. The minimum atomic E-state index is 0.0434. The van der Waals surface area contributed by atoms with Crippen molar-refractivity contribution in [3.63, 3.8) is 0 Å². The molecule has 0 atom stereocenters. The van der Waals surface area contributed by atoms with E-state index in [4.69, 9.17) is 0 Å². The highest BCUT2D eigenvalue weighted by atomic mass is 32.2. The van der Waals surface area contributed by atoms with Gasteiger partial charge < -0.3 is 0 Å². The van der Waals surface area contributed by atoms with Crippen molar-refractivity contribution in [3.8, 4) is 11.1 Å². The molecule has 0 unspecified atom stereocenters. The maximum absolute atomic E-state index is 12.5. The third-order valence-corrected chi connectivity index (χ3v) is 4.86. The Kier molecular flexibility index (Phi) is 5.16. The molecule has 0 N–H and O–H groups in total. The van der Waals surface area contributed by atoms with Crippen LogP contribution in [0.1, 0.15) is 19.4 Å². The molecule has 0 radical (unpaired) electrons. The fourth-order valence-electron chi connectivity index (χ4n) is 2.59. The predicted octanol–water partition coefficient (Wildman–Crippen LogP) is 4.67. The second-order valence-electron chi connectivity index (χ2n) is 5.41. The molecule has 0 aliphatic carbocycles. The smallest absolute Gasteiger partial charge is 0.266 e. The van der Waals surface area contributed by atoms with Crippen molar-refractivity contribution >= 4 is 28.9 Å². The van der Waals surface area contributed by atoms with Gasteiger partial charge in [0.1, 0.15) is 0 Å². The number of carbonyl (C=O) groups is 1. The zero-order chi connectivity index (χ0) is 16.9. The average molecular weight is 336 g/mol. The van der Waals surface area contributed by atoms with E-state index in [0.29, 0.717) is 13.1 Å². The van der Waals surface area contributed by atoms with E-state index < -0.39 is 0 Å². The van der Waals surface area contributed by atoms with Gasteiger partial charge in [0, 0.05) is 13.1 Å². The number of carbonyl (C=O) groups excluding carboxylic acids is 1. The van der Waals surface area contributed by atoms with E-state index in [1.807, 2.05) is 38.1 Å². The zero-order valence-corrected chi connectivity index (χ0v) is 14.7. The van der Waals surface area contributed by atoms with Gasteiger partial charge >= 0.3 is 0 Å². The molecule has 24 heavy (non-hydrogen) atoms. The molecule has 1 fully saturated rings. The van der Waals surface area contributed by atoms with Gasteiger partial charge in [-0.1, -0.05) is 54.6 Å². The van der Waals surface area contributed by atoms with Gasteiger partial charge in [-0.15, -0.1) is 0 Å². The highest BCUT2D eigenvalue weighted by molar-refractivity contribution is 8.18. The molecule has 1 aliphatic heterocycles. The second kappa shape index (κ2) is 7.49. The summed E-state index contributed by atoms with van der Waals surface area (Å²) in [5, 5.41) is 0.803. The molecule has 3 nitrogen and oxygen atoms in total. The van der Waals surface area contributed by atoms with Crippen molar-refractivity contribution in [2.45, 2.75) is 13.8 Å². The number of hydrogen-bond donors (Lipinski definition) is 0. The Hall–Kier alpha value is -2.33. The molecule has 0 spiro atoms. The highest BCUT2D eigenvalue weighted by Gasteiger charge is 2.31. The fourth-order valence-corrected chi connectivity index (χ4v) is 3.70. The van der Waals surface area contributed by atoms with Crippen LogP contribution in [0, 0.1) is 0 Å². The summed E-state index contributed by atoms with van der Waals surface area (Å²) < 4.78 is 0. The monoisotopic (exact) mass is 336 g/mol. The van der Waals surface area contributed by atoms with Gasteiger partial charge in [0.25, 0.3) is 5.91 Å². The van der Waals surface area contributed by atoms with Crippen molar-refractivity contribution in [1.29, 1.82) is 0 Å². The lowest BCUT2D eigenvalue weighted by Gasteiger charge is -2.11. The summed E-state index contributed by atoms with van der Waals surface area (Å²) in [4.78, 5) is 19.4. The summed E-state index contributed by atoms with van der Waals surface area (Å²) >= 11 is 1.46. The molecule has 2 aromatic carbocycles. The number of amides is 1. The SMILES string of the molecule is CCN=C1S/C(=C/c2ccc(-c3ccccc3)cc2)C(=O)N1CC. The Morgan fingerprint density at radius 3 is 2.29 bits per heavy atom. The lowest BCUT2D eigenvalue weighted by Crippen LogP contribution is -2.28. The molecule has 0 saturated carbocycles. The minimum absolute atomic E-state index is 0.0434. The molecule has 2 aromatic rings. The zero-order valence-electron chi connectivity index (χ0n) is 13.9. The lowest BCUT2D eigenvalue weighted by atomic mass is 10.0. The largest absolute Gasteiger partial charge is 0.287 e. The Labute approximate surface area is 147 Å². The van der Waals surface area contributed by atoms with Crippen molar-refractivity contribution in [2.24, 2.45) is 4.99 Å². The molecule has 0 bridgehead atoms. The number of nitrogens with zero attached hydrogens (tertiary/aromatic N) is 2. The number of amidine groups is 1. The van der Waals surface area contributed by atoms with Gasteiger partial charge in [-0.2, -0.15) is 0 Å². The molecule has 4 heteroatoms. The maximum atomic E-state index is 12.5. The van der Waals surface area contributed by atoms with Crippen LogP contribution in [-0.4, -0.2) is 29.1 Å². The summed E-state index contributed by atoms with van der Waals surface area (Å²) in [6, 6.07) is 18.5.